The summed E-state index contributed by atoms with van der Waals surface area (Å²) in [5.74, 6) is -1.54. The van der Waals surface area contributed by atoms with Crippen LogP contribution >= 0.6 is 0 Å². The Hall–Kier alpha value is -3.71. The number of hydrogen-bond acceptors (Lipinski definition) is 5. The van der Waals surface area contributed by atoms with Crippen molar-refractivity contribution in [2.45, 2.75) is 64.4 Å². The summed E-state index contributed by atoms with van der Waals surface area (Å²) in [5, 5.41) is 19.3. The number of carboxylic acids is 1. The Labute approximate surface area is 241 Å². The zero-order chi connectivity index (χ0) is 28.9. The van der Waals surface area contributed by atoms with Gasteiger partial charge in [0, 0.05) is 24.4 Å². The number of carboxylic acid groups (broad SMARTS) is 1. The highest BCUT2D eigenvalue weighted by molar-refractivity contribution is 6.06. The van der Waals surface area contributed by atoms with E-state index in [0.717, 1.165) is 36.0 Å². The van der Waals surface area contributed by atoms with E-state index in [1.165, 1.54) is 16.0 Å². The van der Waals surface area contributed by atoms with Gasteiger partial charge in [-0.2, -0.15) is 0 Å². The minimum absolute atomic E-state index is 0.0792. The molecule has 0 bridgehead atoms. The Kier molecular flexibility index (Phi) is 9.03. The van der Waals surface area contributed by atoms with Gasteiger partial charge in [-0.1, -0.05) is 67.4 Å². The lowest BCUT2D eigenvalue weighted by Gasteiger charge is -2.31. The first-order valence-electron chi connectivity index (χ1n) is 14.8. The normalized spacial score (nSPS) is 24.1. The number of amides is 2. The maximum absolute atomic E-state index is 13.6. The van der Waals surface area contributed by atoms with E-state index in [-0.39, 0.29) is 47.8 Å². The van der Waals surface area contributed by atoms with E-state index in [0.29, 0.717) is 38.8 Å². The van der Waals surface area contributed by atoms with Crippen molar-refractivity contribution in [2.75, 3.05) is 13.2 Å². The second kappa shape index (κ2) is 12.9. The number of fused-ring (bicyclic) bond motifs is 3. The van der Waals surface area contributed by atoms with Gasteiger partial charge in [0.05, 0.1) is 24.5 Å². The summed E-state index contributed by atoms with van der Waals surface area (Å²) in [6, 6.07) is 17.5. The van der Waals surface area contributed by atoms with Crippen LogP contribution in [-0.4, -0.2) is 52.2 Å². The number of rotatable bonds is 12. The second-order valence-corrected chi connectivity index (χ2v) is 11.3. The number of likely N-dealkylation sites (tertiary alicyclic amines) is 1. The fourth-order valence-corrected chi connectivity index (χ4v) is 6.86. The molecule has 2 aromatic carbocycles. The summed E-state index contributed by atoms with van der Waals surface area (Å²) in [4.78, 5) is 39.1. The number of phenolic OH excluding ortho intramolecular Hbond substituents is 1. The summed E-state index contributed by atoms with van der Waals surface area (Å²) in [6.45, 7) is 2.92. The lowest BCUT2D eigenvalue weighted by atomic mass is 9.69. The Morgan fingerprint density at radius 1 is 0.976 bits per heavy atom. The number of carbonyl (C=O) groups excluding carboxylic acids is 2. The minimum atomic E-state index is -0.824. The van der Waals surface area contributed by atoms with Crippen molar-refractivity contribution in [3.8, 4) is 5.75 Å². The number of aliphatic carboxylic acids is 1. The Balaban J connectivity index is 1.31. The van der Waals surface area contributed by atoms with Crippen LogP contribution in [0.5, 0.6) is 5.75 Å². The van der Waals surface area contributed by atoms with Crippen LogP contribution in [0.3, 0.4) is 0 Å². The Bertz CT molecular complexity index is 1350. The van der Waals surface area contributed by atoms with Gasteiger partial charge in [-0.3, -0.25) is 19.3 Å². The molecule has 0 unspecified atom stereocenters. The van der Waals surface area contributed by atoms with E-state index in [1.807, 2.05) is 42.5 Å². The molecule has 3 aliphatic rings. The lowest BCUT2D eigenvalue weighted by Crippen LogP contribution is -2.34. The van der Waals surface area contributed by atoms with Gasteiger partial charge >= 0.3 is 5.97 Å². The van der Waals surface area contributed by atoms with Crippen LogP contribution in [0.15, 0.2) is 65.7 Å². The molecule has 5 rings (SSSR count). The second-order valence-electron chi connectivity index (χ2n) is 11.3. The van der Waals surface area contributed by atoms with Crippen LogP contribution in [0.25, 0.3) is 11.6 Å². The van der Waals surface area contributed by atoms with E-state index >= 15 is 0 Å². The largest absolute Gasteiger partial charge is 0.507 e. The Morgan fingerprint density at radius 3 is 2.46 bits per heavy atom. The number of aromatic hydroxyl groups is 1. The number of imide groups is 1. The standard InChI is InChI=1S/C34H39NO6/c1-2-22-20-26-32(34(40)35(33(26)39)18-10-4-7-15-30(37)38)27-21-41-29(31(22)27)17-16-24(23-11-5-3-6-12-23)19-25-13-8-9-14-28(25)36/h3,5-6,8-9,11-14,19,26-27,29,32,36H,2,4,7,10,15-18,20-21H2,1H3,(H,37,38)/b24-19-/t26-,27+,29-,32-/m1/s1. The summed E-state index contributed by atoms with van der Waals surface area (Å²) >= 11 is 0. The van der Waals surface area contributed by atoms with Gasteiger partial charge in [0.2, 0.25) is 11.8 Å². The van der Waals surface area contributed by atoms with Crippen LogP contribution in [0.4, 0.5) is 0 Å². The SMILES string of the molecule is CCC1=C2[C@@H](CC/C(=C/c3ccccc3O)c3ccccc3)OC[C@@H]2[C@@H]2C(=O)N(CCCCCC(=O)O)C(=O)[C@@H]2C1. The molecule has 7 heteroatoms. The highest BCUT2D eigenvalue weighted by atomic mass is 16.5. The van der Waals surface area contributed by atoms with Crippen molar-refractivity contribution in [3.63, 3.8) is 0 Å². The molecule has 7 nitrogen and oxygen atoms in total. The number of nitrogens with zero attached hydrogens (tertiary/aromatic N) is 1. The van der Waals surface area contributed by atoms with E-state index in [4.69, 9.17) is 9.84 Å². The number of allylic oxidation sites excluding steroid dienone is 2. The average Bonchev–Trinajstić information content (AvgIpc) is 3.50. The van der Waals surface area contributed by atoms with Crippen molar-refractivity contribution < 1.29 is 29.3 Å². The van der Waals surface area contributed by atoms with Crippen LogP contribution in [0, 0.1) is 17.8 Å². The van der Waals surface area contributed by atoms with Gasteiger partial charge in [0.15, 0.2) is 0 Å². The van der Waals surface area contributed by atoms with Crippen LogP contribution in [0.1, 0.15) is 69.4 Å². The third kappa shape index (κ3) is 6.15. The molecule has 2 aromatic rings. The number of para-hydroxylation sites is 1. The third-order valence-corrected chi connectivity index (χ3v) is 8.89. The average molecular weight is 558 g/mol. The maximum Gasteiger partial charge on any atom is 0.303 e. The zero-order valence-corrected chi connectivity index (χ0v) is 23.6. The van der Waals surface area contributed by atoms with Gasteiger partial charge in [-0.05, 0) is 67.4 Å². The van der Waals surface area contributed by atoms with Crippen molar-refractivity contribution in [3.05, 3.63) is 76.9 Å². The van der Waals surface area contributed by atoms with Gasteiger partial charge < -0.3 is 14.9 Å². The quantitative estimate of drug-likeness (QED) is 0.142. The number of carbonyl (C=O) groups is 3. The topological polar surface area (TPSA) is 104 Å². The zero-order valence-electron chi connectivity index (χ0n) is 23.6. The number of unbranched alkanes of at least 4 members (excludes halogenated alkanes) is 2. The van der Waals surface area contributed by atoms with Crippen molar-refractivity contribution >= 4 is 29.4 Å². The maximum atomic E-state index is 13.6. The molecule has 1 aliphatic carbocycles. The fraction of sp³-hybridized carbons (Fsp3) is 0.441. The summed E-state index contributed by atoms with van der Waals surface area (Å²) in [6.07, 6.45) is 6.79. The summed E-state index contributed by atoms with van der Waals surface area (Å²) in [7, 11) is 0. The number of hydrogen-bond donors (Lipinski definition) is 2. The molecule has 4 atom stereocenters. The predicted octanol–water partition coefficient (Wildman–Crippen LogP) is 6.08. The summed E-state index contributed by atoms with van der Waals surface area (Å²) in [5.41, 5.74) is 5.42. The molecule has 2 heterocycles. The van der Waals surface area contributed by atoms with Gasteiger partial charge in [-0.25, -0.2) is 0 Å². The lowest BCUT2D eigenvalue weighted by molar-refractivity contribution is -0.141. The van der Waals surface area contributed by atoms with Gasteiger partial charge in [-0.15, -0.1) is 0 Å². The number of ether oxygens (including phenoxy) is 1. The highest BCUT2D eigenvalue weighted by Crippen LogP contribution is 2.50. The van der Waals surface area contributed by atoms with Crippen LogP contribution in [-0.2, 0) is 19.1 Å². The molecule has 2 amide bonds. The van der Waals surface area contributed by atoms with Crippen LogP contribution < -0.4 is 0 Å². The fourth-order valence-electron chi connectivity index (χ4n) is 6.86. The van der Waals surface area contributed by atoms with Gasteiger partial charge in [0.1, 0.15) is 5.75 Å². The molecule has 0 spiro atoms. The molecule has 0 aromatic heterocycles. The Morgan fingerprint density at radius 2 is 1.73 bits per heavy atom. The van der Waals surface area contributed by atoms with Crippen molar-refractivity contribution in [2.24, 2.45) is 17.8 Å². The van der Waals surface area contributed by atoms with E-state index < -0.39 is 5.97 Å². The molecular weight excluding hydrogens is 518 g/mol. The molecule has 41 heavy (non-hydrogen) atoms. The number of benzene rings is 2. The summed E-state index contributed by atoms with van der Waals surface area (Å²) < 4.78 is 6.38. The molecule has 2 N–H and O–H groups in total. The monoisotopic (exact) mass is 557 g/mol. The minimum Gasteiger partial charge on any atom is -0.507 e. The molecule has 2 saturated heterocycles. The third-order valence-electron chi connectivity index (χ3n) is 8.89. The molecule has 216 valence electrons. The van der Waals surface area contributed by atoms with Gasteiger partial charge in [0.25, 0.3) is 0 Å². The molecule has 2 fully saturated rings. The van der Waals surface area contributed by atoms with E-state index in [2.05, 4.69) is 19.1 Å². The molecular formula is C34H39NO6. The first-order chi connectivity index (χ1) is 19.9. The van der Waals surface area contributed by atoms with Crippen molar-refractivity contribution in [1.82, 2.24) is 4.90 Å². The van der Waals surface area contributed by atoms with E-state index in [1.54, 1.807) is 6.07 Å². The molecule has 0 radical (unpaired) electrons. The molecule has 0 saturated carbocycles. The van der Waals surface area contributed by atoms with E-state index in [9.17, 15) is 19.5 Å². The van der Waals surface area contributed by atoms with Crippen molar-refractivity contribution in [1.29, 1.82) is 0 Å². The number of phenols is 1. The predicted molar refractivity (Wildman–Crippen MR) is 157 cm³/mol. The van der Waals surface area contributed by atoms with Crippen LogP contribution in [0.2, 0.25) is 0 Å². The molecule has 2 aliphatic heterocycles. The highest BCUT2D eigenvalue weighted by Gasteiger charge is 2.56. The first-order valence-corrected chi connectivity index (χ1v) is 14.8. The smallest absolute Gasteiger partial charge is 0.303 e. The first kappa shape index (κ1) is 28.8.